The Kier molecular flexibility index (Phi) is 13.2. The molecule has 1 fully saturated rings. The quantitative estimate of drug-likeness (QED) is 0.213. The topological polar surface area (TPSA) is 102 Å². The van der Waals surface area contributed by atoms with E-state index in [0.717, 1.165) is 0 Å². The van der Waals surface area contributed by atoms with Crippen LogP contribution in [-0.4, -0.2) is 90.1 Å². The van der Waals surface area contributed by atoms with Gasteiger partial charge in [-0.25, -0.2) is 13.2 Å². The van der Waals surface area contributed by atoms with Crippen molar-refractivity contribution in [2.24, 2.45) is 11.8 Å². The smallest absolute Gasteiger partial charge is 0.377 e. The molecule has 0 aliphatic heterocycles. The molecule has 0 bridgehead atoms. The Labute approximate surface area is 214 Å². The molecule has 1 aliphatic rings. The van der Waals surface area contributed by atoms with Gasteiger partial charge in [0, 0.05) is 74.1 Å². The Morgan fingerprint density at radius 1 is 0.833 bits per heavy atom. The van der Waals surface area contributed by atoms with Crippen LogP contribution in [0.4, 0.5) is 13.2 Å². The predicted molar refractivity (Wildman–Crippen MR) is 130 cm³/mol. The highest BCUT2D eigenvalue weighted by Gasteiger charge is 2.68. The second kappa shape index (κ2) is 14.3. The zero-order chi connectivity index (χ0) is 27.6. The van der Waals surface area contributed by atoms with Crippen LogP contribution in [0.15, 0.2) is 0 Å². The fourth-order valence-electron chi connectivity index (χ4n) is 4.73. The highest BCUT2D eigenvalue weighted by molar-refractivity contribution is 6.60. The second-order valence-corrected chi connectivity index (χ2v) is 15.3. The van der Waals surface area contributed by atoms with Crippen LogP contribution in [0.2, 0.25) is 12.1 Å². The highest BCUT2D eigenvalue weighted by atomic mass is 28.4. The molecule has 1 amide bonds. The molecule has 0 spiro atoms. The fraction of sp³-hybridized carbons (Fsp3) is 0.909. The van der Waals surface area contributed by atoms with Crippen molar-refractivity contribution in [1.29, 1.82) is 0 Å². The molecule has 0 aromatic heterocycles. The molecule has 212 valence electrons. The number of carbonyl (C=O) groups is 2. The third kappa shape index (κ3) is 7.59. The monoisotopic (exact) mass is 561 g/mol. The van der Waals surface area contributed by atoms with Gasteiger partial charge in [-0.15, -0.1) is 0 Å². The number of amides is 1. The zero-order valence-corrected chi connectivity index (χ0v) is 24.4. The lowest BCUT2D eigenvalue weighted by Crippen LogP contribution is -2.64. The summed E-state index contributed by atoms with van der Waals surface area (Å²) in [6.45, 7) is 1.44. The molecule has 3 unspecified atom stereocenters. The van der Waals surface area contributed by atoms with E-state index in [2.05, 4.69) is 5.32 Å². The Morgan fingerprint density at radius 2 is 1.31 bits per heavy atom. The van der Waals surface area contributed by atoms with E-state index in [0.29, 0.717) is 24.9 Å². The minimum absolute atomic E-state index is 0.0976. The van der Waals surface area contributed by atoms with Crippen molar-refractivity contribution in [1.82, 2.24) is 5.32 Å². The third-order valence-corrected chi connectivity index (χ3v) is 12.6. The van der Waals surface area contributed by atoms with Crippen molar-refractivity contribution in [2.45, 2.75) is 69.1 Å². The van der Waals surface area contributed by atoms with E-state index >= 15 is 13.2 Å². The van der Waals surface area contributed by atoms with Crippen LogP contribution in [0.3, 0.4) is 0 Å². The minimum Gasteiger partial charge on any atom is -0.377 e. The number of carbonyl (C=O) groups excluding carboxylic acids is 2. The minimum atomic E-state index is -3.98. The number of unbranched alkanes of at least 4 members (excludes halogenated alkanes) is 1. The summed E-state index contributed by atoms with van der Waals surface area (Å²) < 4.78 is 77.9. The first kappa shape index (κ1) is 33.2. The van der Waals surface area contributed by atoms with Gasteiger partial charge in [-0.1, -0.05) is 6.92 Å². The van der Waals surface area contributed by atoms with Crippen LogP contribution in [0.1, 0.15) is 45.4 Å². The molecule has 36 heavy (non-hydrogen) atoms. The number of hydrogen-bond acceptors (Lipinski definition) is 8. The maximum absolute atomic E-state index is 16.1. The zero-order valence-electron chi connectivity index (χ0n) is 22.4. The first-order valence-corrected chi connectivity index (χ1v) is 15.9. The molecule has 0 saturated heterocycles. The third-order valence-electron chi connectivity index (χ3n) is 6.94. The maximum Gasteiger partial charge on any atom is 0.500 e. The Bertz CT molecular complexity index is 696. The summed E-state index contributed by atoms with van der Waals surface area (Å²) in [7, 11) is 2.91. The summed E-state index contributed by atoms with van der Waals surface area (Å²) in [4.78, 5) is 25.8. The van der Waals surface area contributed by atoms with Crippen LogP contribution < -0.4 is 5.32 Å². The lowest BCUT2D eigenvalue weighted by Gasteiger charge is -2.43. The van der Waals surface area contributed by atoms with E-state index in [4.69, 9.17) is 26.6 Å². The number of rotatable bonds is 17. The van der Waals surface area contributed by atoms with E-state index < -0.39 is 59.1 Å². The lowest BCUT2D eigenvalue weighted by molar-refractivity contribution is -0.204. The van der Waals surface area contributed by atoms with Crippen molar-refractivity contribution in [3.63, 3.8) is 0 Å². The van der Waals surface area contributed by atoms with Gasteiger partial charge in [-0.3, -0.25) is 9.59 Å². The van der Waals surface area contributed by atoms with E-state index in [-0.39, 0.29) is 25.8 Å². The van der Waals surface area contributed by atoms with Gasteiger partial charge in [0.1, 0.15) is 5.78 Å². The van der Waals surface area contributed by atoms with Crippen molar-refractivity contribution >= 4 is 29.3 Å². The summed E-state index contributed by atoms with van der Waals surface area (Å²) >= 11 is 0. The Hall–Kier alpha value is -0.876. The van der Waals surface area contributed by atoms with Crippen molar-refractivity contribution in [2.75, 3.05) is 49.2 Å². The molecule has 0 radical (unpaired) electrons. The molecule has 1 aliphatic carbocycles. The van der Waals surface area contributed by atoms with Crippen LogP contribution in [-0.2, 0) is 36.1 Å². The summed E-state index contributed by atoms with van der Waals surface area (Å²) in [5.74, 6) is -8.50. The Morgan fingerprint density at radius 3 is 1.78 bits per heavy atom. The van der Waals surface area contributed by atoms with Crippen LogP contribution >= 0.6 is 0 Å². The number of ketones is 1. The molecule has 1 N–H and O–H groups in total. The van der Waals surface area contributed by atoms with Crippen molar-refractivity contribution in [3.05, 3.63) is 0 Å². The largest absolute Gasteiger partial charge is 0.500 e. The van der Waals surface area contributed by atoms with Gasteiger partial charge in [-0.2, -0.15) is 0 Å². The van der Waals surface area contributed by atoms with Crippen molar-refractivity contribution < 1.29 is 49.3 Å². The molecule has 3 atom stereocenters. The Balaban J connectivity index is 2.88. The maximum atomic E-state index is 16.1. The molecule has 9 nitrogen and oxygen atoms in total. The molecule has 0 heterocycles. The first-order valence-electron chi connectivity index (χ1n) is 12.0. The summed E-state index contributed by atoms with van der Waals surface area (Å²) in [6, 6.07) is 0.707. The molecular weight excluding hydrogens is 519 g/mol. The molecule has 0 aromatic rings. The standard InChI is InChI=1S/C22H42F3NO8Si2/c1-17-15-18(19(27)11-8-9-13-35(29-2,30-3)31-4)22(25,21(23,24)16-17)20(28)26-12-10-14-36(32-5,33-6)34-7/h17-18H,8-16H2,1-7H3,(H,26,28). The summed E-state index contributed by atoms with van der Waals surface area (Å²) in [6.07, 6.45) is -0.0566. The van der Waals surface area contributed by atoms with Gasteiger partial charge >= 0.3 is 17.6 Å². The first-order chi connectivity index (χ1) is 16.9. The van der Waals surface area contributed by atoms with Gasteiger partial charge in [0.15, 0.2) is 0 Å². The van der Waals surface area contributed by atoms with Crippen LogP contribution in [0.5, 0.6) is 0 Å². The second-order valence-electron chi connectivity index (χ2n) is 9.14. The van der Waals surface area contributed by atoms with Gasteiger partial charge in [0.2, 0.25) is 0 Å². The van der Waals surface area contributed by atoms with Crippen molar-refractivity contribution in [3.8, 4) is 0 Å². The number of halogens is 3. The lowest BCUT2D eigenvalue weighted by atomic mass is 9.67. The van der Waals surface area contributed by atoms with Crippen LogP contribution in [0, 0.1) is 11.8 Å². The SMILES string of the molecule is CO[Si](CCCCC(=O)C1CC(C)CC(F)(F)C1(F)C(=O)NCCC[Si](OC)(OC)OC)(OC)OC. The van der Waals surface area contributed by atoms with Gasteiger partial charge < -0.3 is 31.9 Å². The van der Waals surface area contributed by atoms with E-state index in [9.17, 15) is 9.59 Å². The molecule has 14 heteroatoms. The van der Waals surface area contributed by atoms with Gasteiger partial charge in [0.25, 0.3) is 17.5 Å². The van der Waals surface area contributed by atoms with E-state index in [1.54, 1.807) is 0 Å². The summed E-state index contributed by atoms with van der Waals surface area (Å²) in [5, 5.41) is 2.27. The average Bonchev–Trinajstić information content (AvgIpc) is 2.86. The molecule has 0 aromatic carbocycles. The fourth-order valence-corrected chi connectivity index (χ4v) is 8.25. The highest BCUT2D eigenvalue weighted by Crippen LogP contribution is 2.51. The number of nitrogens with one attached hydrogen (secondary N) is 1. The van der Waals surface area contributed by atoms with Gasteiger partial charge in [-0.05, 0) is 31.6 Å². The van der Waals surface area contributed by atoms with E-state index in [1.807, 2.05) is 0 Å². The number of alkyl halides is 3. The van der Waals surface area contributed by atoms with E-state index in [1.165, 1.54) is 49.6 Å². The number of hydrogen-bond donors (Lipinski definition) is 1. The average molecular weight is 562 g/mol. The molecule has 1 saturated carbocycles. The molecule has 1 rings (SSSR count). The molecular formula is C22H42F3NO8Si2. The van der Waals surface area contributed by atoms with Crippen LogP contribution in [0.25, 0.3) is 0 Å². The van der Waals surface area contributed by atoms with Gasteiger partial charge in [0.05, 0.1) is 5.92 Å². The number of Topliss-reactive ketones (excluding diaryl/α,β-unsaturated/α-hetero) is 1. The predicted octanol–water partition coefficient (Wildman–Crippen LogP) is 3.38. The normalized spacial score (nSPS) is 24.5. The summed E-state index contributed by atoms with van der Waals surface area (Å²) in [5.41, 5.74) is -3.63.